The summed E-state index contributed by atoms with van der Waals surface area (Å²) in [7, 11) is 0. The maximum atomic E-state index is 11.3. The molecule has 9 rings (SSSR count). The van der Waals surface area contributed by atoms with Crippen molar-refractivity contribution in [2.24, 2.45) is 9.98 Å². The summed E-state index contributed by atoms with van der Waals surface area (Å²) in [6, 6.07) is 36.6. The Morgan fingerprint density at radius 1 is 0.517 bits per heavy atom. The average Bonchev–Trinajstić information content (AvgIpc) is 3.83. The summed E-state index contributed by atoms with van der Waals surface area (Å²) < 4.78 is 7.78. The number of nitrogens with zero attached hydrogens (tertiary/aromatic N) is 3. The molecule has 0 amide bonds. The zero-order valence-corrected chi connectivity index (χ0v) is 30.0. The Morgan fingerprint density at radius 2 is 1.05 bits per heavy atom. The van der Waals surface area contributed by atoms with Gasteiger partial charge in [0.05, 0.1) is 16.5 Å². The van der Waals surface area contributed by atoms with Gasteiger partial charge in [0.25, 0.3) is 0 Å². The molecule has 7 aromatic carbocycles. The van der Waals surface area contributed by atoms with Gasteiger partial charge in [-0.2, -0.15) is 0 Å². The van der Waals surface area contributed by atoms with Crippen LogP contribution in [0.15, 0.2) is 136 Å². The molecule has 0 spiro atoms. The van der Waals surface area contributed by atoms with Crippen LogP contribution in [0.3, 0.4) is 0 Å². The van der Waals surface area contributed by atoms with E-state index in [0.29, 0.717) is 33.0 Å². The van der Waals surface area contributed by atoms with Crippen molar-refractivity contribution < 1.29 is 45.3 Å². The Morgan fingerprint density at radius 3 is 1.64 bits per heavy atom. The number of phenolic OH excluding ortho intramolecular Hbond substituents is 8. The Hall–Kier alpha value is -8.45. The Balaban J connectivity index is 1.35. The third kappa shape index (κ3) is 5.37. The van der Waals surface area contributed by atoms with Crippen LogP contribution < -0.4 is 0 Å². The topological polar surface area (TPSA) is 228 Å². The largest absolute Gasteiger partial charge is 0.504 e. The third-order valence-electron chi connectivity index (χ3n) is 10.0. The van der Waals surface area contributed by atoms with E-state index in [-0.39, 0.29) is 22.9 Å². The highest BCUT2D eigenvalue weighted by atomic mass is 16.4. The van der Waals surface area contributed by atoms with E-state index in [9.17, 15) is 40.9 Å². The van der Waals surface area contributed by atoms with Crippen LogP contribution in [-0.4, -0.2) is 63.3 Å². The lowest BCUT2D eigenvalue weighted by Gasteiger charge is -2.12. The van der Waals surface area contributed by atoms with Crippen LogP contribution in [0, 0.1) is 5.41 Å². The van der Waals surface area contributed by atoms with Gasteiger partial charge < -0.3 is 45.3 Å². The molecule has 0 saturated carbocycles. The summed E-state index contributed by atoms with van der Waals surface area (Å²) in [6.45, 7) is 0. The summed E-state index contributed by atoms with van der Waals surface area (Å²) in [5.41, 5.74) is 3.17. The third-order valence-corrected chi connectivity index (χ3v) is 10.0. The number of aromatic nitrogens is 1. The monoisotopic (exact) mass is 770 g/mol. The van der Waals surface area contributed by atoms with Gasteiger partial charge in [0, 0.05) is 33.7 Å². The molecular formula is C45H30N4O9. The molecule has 0 aliphatic rings. The number of phenols is 8. The van der Waals surface area contributed by atoms with Crippen molar-refractivity contribution in [1.29, 1.82) is 5.41 Å². The van der Waals surface area contributed by atoms with E-state index in [1.807, 2.05) is 91.0 Å². The van der Waals surface area contributed by atoms with Crippen molar-refractivity contribution >= 4 is 61.6 Å². The lowest BCUT2D eigenvalue weighted by atomic mass is 9.99. The number of furan rings is 1. The summed E-state index contributed by atoms with van der Waals surface area (Å²) in [6.07, 6.45) is 1.58. The van der Waals surface area contributed by atoms with E-state index in [1.165, 1.54) is 6.07 Å². The zero-order chi connectivity index (χ0) is 40.4. The molecule has 0 fully saturated rings. The fourth-order valence-corrected chi connectivity index (χ4v) is 7.27. The van der Waals surface area contributed by atoms with Gasteiger partial charge in [-0.3, -0.25) is 9.98 Å². The van der Waals surface area contributed by atoms with Crippen molar-refractivity contribution in [3.8, 4) is 62.8 Å². The number of para-hydroxylation sites is 1. The number of aromatic hydroxyl groups is 8. The van der Waals surface area contributed by atoms with Gasteiger partial charge >= 0.3 is 0 Å². The Bertz CT molecular complexity index is 3130. The van der Waals surface area contributed by atoms with Gasteiger partial charge in [-0.1, -0.05) is 103 Å². The number of nitrogens with one attached hydrogen (secondary N) is 1. The predicted octanol–water partition coefficient (Wildman–Crippen LogP) is 8.89. The van der Waals surface area contributed by atoms with Crippen LogP contribution in [-0.2, 0) is 0 Å². The van der Waals surface area contributed by atoms with Crippen molar-refractivity contribution in [2.75, 3.05) is 0 Å². The number of aliphatic imine (C=N–C) groups is 2. The Kier molecular flexibility index (Phi) is 8.14. The van der Waals surface area contributed by atoms with Crippen molar-refractivity contribution in [3.05, 3.63) is 138 Å². The Labute approximate surface area is 327 Å². The van der Waals surface area contributed by atoms with Crippen LogP contribution in [0.5, 0.6) is 46.0 Å². The number of benzene rings is 7. The van der Waals surface area contributed by atoms with Crippen molar-refractivity contribution in [3.63, 3.8) is 0 Å². The quantitative estimate of drug-likeness (QED) is 0.0352. The predicted molar refractivity (Wildman–Crippen MR) is 221 cm³/mol. The molecule has 0 radical (unpaired) electrons. The van der Waals surface area contributed by atoms with Gasteiger partial charge in [-0.15, -0.1) is 0 Å². The molecule has 0 unspecified atom stereocenters. The molecule has 2 aromatic heterocycles. The molecule has 13 heteroatoms. The number of hydrogen-bond donors (Lipinski definition) is 9. The standard InChI is InChI=1S/C45H30N4O9/c46-44(23-13-6-2-7-14-23)48-45(24-15-8-3-9-16-24)47-21-26-19-25(22-11-4-1-5-12-22)20-28-27-17-10-18-29(43(27)58-42(26)28)49-32-30(34(50)38(54)40(56)36(32)52)31-33(49)37(53)41(57)39(55)35(31)51/h1-21,46,50-57H/b46-44?,47-21+,48-45-. The molecule has 0 aliphatic carbocycles. The second kappa shape index (κ2) is 13.4. The zero-order valence-electron chi connectivity index (χ0n) is 30.0. The summed E-state index contributed by atoms with van der Waals surface area (Å²) in [4.78, 5) is 9.41. The molecule has 0 bridgehead atoms. The minimum Gasteiger partial charge on any atom is -0.504 e. The first-order valence-electron chi connectivity index (χ1n) is 17.7. The SMILES string of the molecule is N=C(/N=C(\N=C\c1cc(-c2ccccc2)cc2c1oc1c(-n3c4c(O)c(O)c(O)c(O)c4c4c(O)c(O)c(O)c(O)c43)cccc12)c1ccccc1)c1ccccc1. The minimum absolute atomic E-state index is 0.00151. The van der Waals surface area contributed by atoms with Gasteiger partial charge in [0.15, 0.2) is 40.3 Å². The van der Waals surface area contributed by atoms with Crippen LogP contribution in [0.4, 0.5) is 0 Å². The number of hydrogen-bond acceptors (Lipinski definition) is 10. The van der Waals surface area contributed by atoms with Crippen LogP contribution in [0.2, 0.25) is 0 Å². The molecule has 0 aliphatic heterocycles. The smallest absolute Gasteiger partial charge is 0.206 e. The lowest BCUT2D eigenvalue weighted by molar-refractivity contribution is 0.350. The van der Waals surface area contributed by atoms with E-state index in [4.69, 9.17) is 14.8 Å². The van der Waals surface area contributed by atoms with Gasteiger partial charge in [-0.25, -0.2) is 9.98 Å². The highest BCUT2D eigenvalue weighted by molar-refractivity contribution is 6.22. The van der Waals surface area contributed by atoms with Crippen LogP contribution >= 0.6 is 0 Å². The normalized spacial score (nSPS) is 12.1. The number of fused-ring (bicyclic) bond motifs is 6. The van der Waals surface area contributed by atoms with Gasteiger partial charge in [-0.05, 0) is 29.3 Å². The fourth-order valence-electron chi connectivity index (χ4n) is 7.27. The maximum Gasteiger partial charge on any atom is 0.206 e. The molecule has 0 saturated heterocycles. The number of amidine groups is 2. The van der Waals surface area contributed by atoms with E-state index < -0.39 is 67.8 Å². The first-order chi connectivity index (χ1) is 28.0. The van der Waals surface area contributed by atoms with Crippen LogP contribution in [0.1, 0.15) is 16.7 Å². The van der Waals surface area contributed by atoms with Crippen molar-refractivity contribution in [2.45, 2.75) is 0 Å². The van der Waals surface area contributed by atoms with Gasteiger partial charge in [0.1, 0.15) is 16.6 Å². The van der Waals surface area contributed by atoms with E-state index in [1.54, 1.807) is 30.5 Å². The molecule has 2 heterocycles. The van der Waals surface area contributed by atoms with E-state index >= 15 is 0 Å². The number of rotatable bonds is 5. The molecule has 9 aromatic rings. The highest BCUT2D eigenvalue weighted by Gasteiger charge is 2.33. The molecule has 13 nitrogen and oxygen atoms in total. The molecule has 284 valence electrons. The van der Waals surface area contributed by atoms with E-state index in [0.717, 1.165) is 15.7 Å². The first kappa shape index (κ1) is 35.3. The minimum atomic E-state index is -1.13. The molecule has 0 atom stereocenters. The summed E-state index contributed by atoms with van der Waals surface area (Å²) >= 11 is 0. The highest BCUT2D eigenvalue weighted by Crippen LogP contribution is 2.59. The average molecular weight is 771 g/mol. The first-order valence-corrected chi connectivity index (χ1v) is 17.7. The van der Waals surface area contributed by atoms with Crippen molar-refractivity contribution in [1.82, 2.24) is 4.57 Å². The maximum absolute atomic E-state index is 11.3. The molecule has 58 heavy (non-hydrogen) atoms. The van der Waals surface area contributed by atoms with Gasteiger partial charge in [0.2, 0.25) is 23.0 Å². The van der Waals surface area contributed by atoms with Crippen LogP contribution in [0.25, 0.3) is 60.6 Å². The second-order valence-corrected chi connectivity index (χ2v) is 13.4. The lowest BCUT2D eigenvalue weighted by Crippen LogP contribution is -2.04. The van der Waals surface area contributed by atoms with E-state index in [2.05, 4.69) is 4.99 Å². The molecular weight excluding hydrogens is 741 g/mol. The fraction of sp³-hybridized carbons (Fsp3) is 0. The second-order valence-electron chi connectivity index (χ2n) is 13.4. The molecule has 9 N–H and O–H groups in total. The summed E-state index contributed by atoms with van der Waals surface area (Å²) in [5.74, 6) is -8.13. The summed E-state index contributed by atoms with van der Waals surface area (Å²) in [5, 5.41) is 96.1.